The van der Waals surface area contributed by atoms with E-state index in [0.29, 0.717) is 0 Å². The highest BCUT2D eigenvalue weighted by Gasteiger charge is 2.48. The molecular weight excluding hydrogens is 353 g/mol. The summed E-state index contributed by atoms with van der Waals surface area (Å²) >= 11 is 0. The second kappa shape index (κ2) is 5.87. The highest BCUT2D eigenvalue weighted by Crippen LogP contribution is 2.42. The third-order valence-corrected chi connectivity index (χ3v) is 6.61. The normalized spacial score (nSPS) is 13.8. The third kappa shape index (κ3) is 2.17. The largest absolute Gasteiger partial charge is 0.537 e. The lowest BCUT2D eigenvalue weighted by Crippen LogP contribution is -2.70. The van der Waals surface area contributed by atoms with Crippen molar-refractivity contribution in [3.8, 4) is 22.6 Å². The average Bonchev–Trinajstić information content (AvgIpc) is 3.28. The van der Waals surface area contributed by atoms with Crippen LogP contribution >= 0.6 is 0 Å². The summed E-state index contributed by atoms with van der Waals surface area (Å²) in [7, 11) is 2.24. The Morgan fingerprint density at radius 3 is 2.34 bits per heavy atom. The summed E-state index contributed by atoms with van der Waals surface area (Å²) < 4.78 is 4.99. The van der Waals surface area contributed by atoms with Crippen LogP contribution < -0.4 is 14.8 Å². The van der Waals surface area contributed by atoms with E-state index in [4.69, 9.17) is 0 Å². The Kier molecular flexibility index (Phi) is 3.37. The molecule has 3 aromatic carbocycles. The number of hydrogen-bond donors (Lipinski definition) is 0. The number of hydrogen-bond acceptors (Lipinski definition) is 1. The molecule has 4 heteroatoms. The van der Waals surface area contributed by atoms with Gasteiger partial charge in [-0.2, -0.15) is 0 Å². The van der Waals surface area contributed by atoms with Gasteiger partial charge in [0.1, 0.15) is 12.7 Å². The fourth-order valence-corrected chi connectivity index (χ4v) is 5.29. The molecule has 0 fully saturated rings. The zero-order valence-electron chi connectivity index (χ0n) is 17.1. The van der Waals surface area contributed by atoms with Crippen molar-refractivity contribution < 1.29 is 4.48 Å². The summed E-state index contributed by atoms with van der Waals surface area (Å²) in [5.41, 5.74) is 10.8. The number of benzene rings is 3. The van der Waals surface area contributed by atoms with Crippen LogP contribution in [0.4, 0.5) is 5.69 Å². The summed E-state index contributed by atoms with van der Waals surface area (Å²) in [5, 5.41) is 0. The first-order valence-corrected chi connectivity index (χ1v) is 10.3. The standard InChI is InChI=1S/C25H23BN3/c1-17-9-7-10-18(2)24(17)26-27(3)21-14-8-13-20-15-28-22(19-11-5-4-6-12-19)16-29(26)25(28)23(20)21/h4-14,16H,15H2,1-3H3/q+1. The fourth-order valence-electron chi connectivity index (χ4n) is 5.29. The Balaban J connectivity index is 1.69. The van der Waals surface area contributed by atoms with Gasteiger partial charge in [-0.25, -0.2) is 4.57 Å². The van der Waals surface area contributed by atoms with Gasteiger partial charge in [0.2, 0.25) is 0 Å². The lowest BCUT2D eigenvalue weighted by molar-refractivity contribution is -0.523. The third-order valence-electron chi connectivity index (χ3n) is 6.61. The molecule has 0 amide bonds. The number of imidazole rings is 1. The van der Waals surface area contributed by atoms with Gasteiger partial charge in [0.15, 0.2) is 5.69 Å². The Hall–Kier alpha value is -3.27. The van der Waals surface area contributed by atoms with E-state index < -0.39 is 0 Å². The van der Waals surface area contributed by atoms with Gasteiger partial charge in [0, 0.05) is 22.3 Å². The van der Waals surface area contributed by atoms with Crippen LogP contribution in [0.15, 0.2) is 72.9 Å². The lowest BCUT2D eigenvalue weighted by Gasteiger charge is -2.31. The Labute approximate surface area is 172 Å². The molecule has 0 bridgehead atoms. The molecule has 29 heavy (non-hydrogen) atoms. The van der Waals surface area contributed by atoms with Gasteiger partial charge in [-0.3, -0.25) is 4.48 Å². The van der Waals surface area contributed by atoms with E-state index in [9.17, 15) is 0 Å². The maximum atomic E-state index is 2.50. The van der Waals surface area contributed by atoms with Gasteiger partial charge < -0.3 is 4.81 Å². The van der Waals surface area contributed by atoms with E-state index in [0.717, 1.165) is 6.54 Å². The first-order valence-electron chi connectivity index (χ1n) is 10.3. The van der Waals surface area contributed by atoms with Gasteiger partial charge in [-0.05, 0) is 38.1 Å². The Morgan fingerprint density at radius 2 is 1.59 bits per heavy atom. The van der Waals surface area contributed by atoms with Gasteiger partial charge in [-0.15, -0.1) is 0 Å². The molecule has 0 saturated heterocycles. The number of rotatable bonds is 2. The molecule has 1 aromatic heterocycles. The van der Waals surface area contributed by atoms with Crippen LogP contribution in [0.3, 0.4) is 0 Å². The second-order valence-electron chi connectivity index (χ2n) is 8.30. The molecule has 0 unspecified atom stereocenters. The van der Waals surface area contributed by atoms with E-state index in [1.807, 2.05) is 0 Å². The maximum absolute atomic E-state index is 2.50. The van der Waals surface area contributed by atoms with Gasteiger partial charge in [-0.1, -0.05) is 60.7 Å². The Bertz CT molecular complexity index is 1250. The van der Waals surface area contributed by atoms with Crippen molar-refractivity contribution in [3.63, 3.8) is 0 Å². The minimum absolute atomic E-state index is 0.149. The van der Waals surface area contributed by atoms with Gasteiger partial charge in [0.25, 0.3) is 5.82 Å². The van der Waals surface area contributed by atoms with Crippen molar-refractivity contribution in [2.45, 2.75) is 20.4 Å². The van der Waals surface area contributed by atoms with Crippen molar-refractivity contribution in [3.05, 3.63) is 89.6 Å². The monoisotopic (exact) mass is 376 g/mol. The molecule has 0 atom stereocenters. The van der Waals surface area contributed by atoms with E-state index in [1.165, 1.54) is 50.5 Å². The van der Waals surface area contributed by atoms with Crippen molar-refractivity contribution in [1.82, 2.24) is 4.57 Å². The molecule has 2 aliphatic heterocycles. The highest BCUT2D eigenvalue weighted by atomic mass is 15.3. The van der Waals surface area contributed by atoms with Crippen molar-refractivity contribution in [1.29, 1.82) is 0 Å². The van der Waals surface area contributed by atoms with Crippen LogP contribution in [0, 0.1) is 13.8 Å². The molecule has 0 N–H and O–H groups in total. The van der Waals surface area contributed by atoms with E-state index in [-0.39, 0.29) is 6.98 Å². The predicted octanol–water partition coefficient (Wildman–Crippen LogP) is 3.78. The summed E-state index contributed by atoms with van der Waals surface area (Å²) in [6.07, 6.45) is 2.36. The molecule has 3 nitrogen and oxygen atoms in total. The number of aromatic nitrogens is 2. The molecular formula is C25H23BN3+. The summed E-state index contributed by atoms with van der Waals surface area (Å²) in [6, 6.07) is 24.1. The first kappa shape index (κ1) is 16.7. The number of aryl methyl sites for hydroxylation is 2. The fraction of sp³-hybridized carbons (Fsp3) is 0.160. The van der Waals surface area contributed by atoms with Crippen LogP contribution in [-0.2, 0) is 6.54 Å². The van der Waals surface area contributed by atoms with Crippen LogP contribution in [0.25, 0.3) is 22.6 Å². The first-order chi connectivity index (χ1) is 14.1. The quantitative estimate of drug-likeness (QED) is 0.427. The molecule has 6 rings (SSSR count). The number of anilines is 1. The van der Waals surface area contributed by atoms with Crippen LogP contribution in [0.5, 0.6) is 0 Å². The molecule has 4 aromatic rings. The zero-order chi connectivity index (χ0) is 19.7. The summed E-state index contributed by atoms with van der Waals surface area (Å²) in [4.78, 5) is 2.45. The molecule has 0 spiro atoms. The molecule has 0 radical (unpaired) electrons. The molecule has 3 heterocycles. The minimum atomic E-state index is 0.149. The topological polar surface area (TPSA) is 12.1 Å². The minimum Gasteiger partial charge on any atom is -0.372 e. The van der Waals surface area contributed by atoms with Crippen molar-refractivity contribution in [2.75, 3.05) is 11.9 Å². The smallest absolute Gasteiger partial charge is 0.372 e. The summed E-state index contributed by atoms with van der Waals surface area (Å²) in [6.45, 7) is 5.55. The van der Waals surface area contributed by atoms with Crippen molar-refractivity contribution in [2.24, 2.45) is 0 Å². The molecule has 0 aliphatic carbocycles. The Morgan fingerprint density at radius 1 is 0.862 bits per heavy atom. The van der Waals surface area contributed by atoms with Crippen molar-refractivity contribution >= 4 is 18.1 Å². The second-order valence-corrected chi connectivity index (χ2v) is 8.30. The molecule has 2 aliphatic rings. The van der Waals surface area contributed by atoms with Gasteiger partial charge in [0.05, 0.1) is 5.56 Å². The highest BCUT2D eigenvalue weighted by molar-refractivity contribution is 6.70. The van der Waals surface area contributed by atoms with E-state index in [2.05, 4.69) is 108 Å². The number of nitrogens with zero attached hydrogens (tertiary/aromatic N) is 3. The van der Waals surface area contributed by atoms with Crippen LogP contribution in [0.2, 0.25) is 0 Å². The summed E-state index contributed by atoms with van der Waals surface area (Å²) in [5.74, 6) is 1.33. The zero-order valence-corrected chi connectivity index (χ0v) is 17.1. The lowest BCUT2D eigenvalue weighted by atomic mass is 9.60. The van der Waals surface area contributed by atoms with E-state index >= 15 is 0 Å². The predicted molar refractivity (Wildman–Crippen MR) is 120 cm³/mol. The molecule has 0 saturated carbocycles. The SMILES string of the molecule is Cc1cccc(C)c1B1N(C)c2cccc3c2-c2n(c(-c4ccccc4)c[n+]21)C3. The van der Waals surface area contributed by atoms with Crippen LogP contribution in [0.1, 0.15) is 16.7 Å². The average molecular weight is 376 g/mol. The molecule has 140 valence electrons. The van der Waals surface area contributed by atoms with Gasteiger partial charge >= 0.3 is 6.98 Å². The van der Waals surface area contributed by atoms with Crippen LogP contribution in [-0.4, -0.2) is 18.6 Å². The van der Waals surface area contributed by atoms with E-state index in [1.54, 1.807) is 0 Å². The maximum Gasteiger partial charge on any atom is 0.537 e.